The number of likely N-dealkylation sites (N-methyl/N-ethyl adjacent to an activating group) is 1. The molecule has 0 spiro atoms. The molecule has 0 aliphatic heterocycles. The molecule has 5 heteroatoms. The lowest BCUT2D eigenvalue weighted by Crippen LogP contribution is -2.17. The molecule has 2 aromatic rings. The molecule has 0 saturated heterocycles. The SMILES string of the molecule is CN(C)CCc1c[nH]c2cccc(OC(N)=O)c12. The van der Waals surface area contributed by atoms with E-state index in [-0.39, 0.29) is 0 Å². The van der Waals surface area contributed by atoms with Crippen LogP contribution in [0.1, 0.15) is 5.56 Å². The first-order valence-electron chi connectivity index (χ1n) is 5.79. The standard InChI is InChI=1S/C13H17N3O2/c1-16(2)7-6-9-8-15-10-4-3-5-11(12(9)10)18-13(14)17/h3-5,8,15H,6-7H2,1-2H3,(H2,14,17). The number of fused-ring (bicyclic) bond motifs is 1. The molecule has 1 aromatic carbocycles. The predicted molar refractivity (Wildman–Crippen MR) is 70.8 cm³/mol. The van der Waals surface area contributed by atoms with Crippen molar-refractivity contribution in [3.05, 3.63) is 30.0 Å². The molecule has 0 bridgehead atoms. The van der Waals surface area contributed by atoms with Gasteiger partial charge in [0, 0.05) is 23.6 Å². The zero-order valence-electron chi connectivity index (χ0n) is 10.6. The Morgan fingerprint density at radius 3 is 2.89 bits per heavy atom. The van der Waals surface area contributed by atoms with E-state index < -0.39 is 6.09 Å². The first-order valence-corrected chi connectivity index (χ1v) is 5.79. The molecule has 0 aliphatic carbocycles. The lowest BCUT2D eigenvalue weighted by Gasteiger charge is -2.09. The molecule has 3 N–H and O–H groups in total. The van der Waals surface area contributed by atoms with E-state index in [1.807, 2.05) is 32.4 Å². The molecule has 0 saturated carbocycles. The molecule has 1 amide bonds. The van der Waals surface area contributed by atoms with Gasteiger partial charge in [-0.2, -0.15) is 0 Å². The highest BCUT2D eigenvalue weighted by Gasteiger charge is 2.11. The molecule has 1 aromatic heterocycles. The number of benzene rings is 1. The summed E-state index contributed by atoms with van der Waals surface area (Å²) in [4.78, 5) is 16.2. The van der Waals surface area contributed by atoms with Gasteiger partial charge in [0.05, 0.1) is 0 Å². The average molecular weight is 247 g/mol. The van der Waals surface area contributed by atoms with Crippen molar-refractivity contribution in [3.8, 4) is 5.75 Å². The molecule has 0 unspecified atom stereocenters. The van der Waals surface area contributed by atoms with Crippen LogP contribution >= 0.6 is 0 Å². The number of aromatic amines is 1. The third-order valence-electron chi connectivity index (χ3n) is 2.79. The van der Waals surface area contributed by atoms with Gasteiger partial charge < -0.3 is 20.4 Å². The van der Waals surface area contributed by atoms with Crippen molar-refractivity contribution in [1.29, 1.82) is 0 Å². The van der Waals surface area contributed by atoms with Gasteiger partial charge >= 0.3 is 6.09 Å². The molecule has 0 aliphatic rings. The monoisotopic (exact) mass is 247 g/mol. The largest absolute Gasteiger partial charge is 0.410 e. The number of amides is 1. The van der Waals surface area contributed by atoms with Gasteiger partial charge in [0.25, 0.3) is 0 Å². The van der Waals surface area contributed by atoms with E-state index >= 15 is 0 Å². The minimum Gasteiger partial charge on any atom is -0.410 e. The fourth-order valence-corrected chi connectivity index (χ4v) is 1.95. The van der Waals surface area contributed by atoms with Crippen LogP contribution in [0.3, 0.4) is 0 Å². The number of nitrogens with two attached hydrogens (primary N) is 1. The molecule has 0 radical (unpaired) electrons. The van der Waals surface area contributed by atoms with Gasteiger partial charge in [-0.05, 0) is 38.2 Å². The smallest absolute Gasteiger partial charge is 0.409 e. The molecular weight excluding hydrogens is 230 g/mol. The zero-order chi connectivity index (χ0) is 13.1. The molecule has 2 rings (SSSR count). The third kappa shape index (κ3) is 2.62. The number of ether oxygens (including phenoxy) is 1. The van der Waals surface area contributed by atoms with E-state index in [1.54, 1.807) is 6.07 Å². The highest BCUT2D eigenvalue weighted by Crippen LogP contribution is 2.29. The maximum Gasteiger partial charge on any atom is 0.409 e. The van der Waals surface area contributed by atoms with Crippen LogP contribution < -0.4 is 10.5 Å². The molecule has 96 valence electrons. The normalized spacial score (nSPS) is 11.1. The molecule has 0 fully saturated rings. The van der Waals surface area contributed by atoms with Crippen LogP contribution in [0.15, 0.2) is 24.4 Å². The van der Waals surface area contributed by atoms with Gasteiger partial charge in [-0.3, -0.25) is 0 Å². The first kappa shape index (κ1) is 12.4. The summed E-state index contributed by atoms with van der Waals surface area (Å²) in [5.41, 5.74) is 7.14. The van der Waals surface area contributed by atoms with E-state index in [9.17, 15) is 4.79 Å². The number of carbonyl (C=O) groups excluding carboxylic acids is 1. The van der Waals surface area contributed by atoms with Crippen LogP contribution in [-0.4, -0.2) is 36.6 Å². The number of carbonyl (C=O) groups is 1. The summed E-state index contributed by atoms with van der Waals surface area (Å²) in [5, 5.41) is 0.929. The number of rotatable bonds is 4. The Kier molecular flexibility index (Phi) is 3.53. The van der Waals surface area contributed by atoms with Crippen molar-refractivity contribution in [2.45, 2.75) is 6.42 Å². The Morgan fingerprint density at radius 1 is 1.44 bits per heavy atom. The number of hydrogen-bond acceptors (Lipinski definition) is 3. The molecule has 18 heavy (non-hydrogen) atoms. The van der Waals surface area contributed by atoms with Crippen molar-refractivity contribution >= 4 is 17.0 Å². The van der Waals surface area contributed by atoms with Crippen LogP contribution in [0.5, 0.6) is 5.75 Å². The van der Waals surface area contributed by atoms with E-state index in [1.165, 1.54) is 0 Å². The third-order valence-corrected chi connectivity index (χ3v) is 2.79. The lowest BCUT2D eigenvalue weighted by molar-refractivity contribution is 0.211. The summed E-state index contributed by atoms with van der Waals surface area (Å²) in [5.74, 6) is 0.509. The fourth-order valence-electron chi connectivity index (χ4n) is 1.95. The Hall–Kier alpha value is -2.01. The molecular formula is C13H17N3O2. The van der Waals surface area contributed by atoms with E-state index in [2.05, 4.69) is 9.88 Å². The van der Waals surface area contributed by atoms with Crippen LogP contribution in [0.2, 0.25) is 0 Å². The van der Waals surface area contributed by atoms with Crippen LogP contribution in [-0.2, 0) is 6.42 Å². The maximum atomic E-state index is 10.9. The fraction of sp³-hybridized carbons (Fsp3) is 0.308. The number of hydrogen-bond donors (Lipinski definition) is 2. The number of nitrogens with zero attached hydrogens (tertiary/aromatic N) is 1. The zero-order valence-corrected chi connectivity index (χ0v) is 10.6. The van der Waals surface area contributed by atoms with E-state index in [4.69, 9.17) is 10.5 Å². The van der Waals surface area contributed by atoms with E-state index in [0.29, 0.717) is 5.75 Å². The number of H-pyrrole nitrogens is 1. The maximum absolute atomic E-state index is 10.9. The van der Waals surface area contributed by atoms with E-state index in [0.717, 1.165) is 29.4 Å². The van der Waals surface area contributed by atoms with Gasteiger partial charge in [0.1, 0.15) is 5.75 Å². The van der Waals surface area contributed by atoms with Crippen LogP contribution in [0.4, 0.5) is 4.79 Å². The van der Waals surface area contributed by atoms with Crippen molar-refractivity contribution in [3.63, 3.8) is 0 Å². The summed E-state index contributed by atoms with van der Waals surface area (Å²) >= 11 is 0. The van der Waals surface area contributed by atoms with Crippen LogP contribution in [0.25, 0.3) is 10.9 Å². The van der Waals surface area contributed by atoms with Gasteiger partial charge in [-0.1, -0.05) is 6.07 Å². The van der Waals surface area contributed by atoms with Gasteiger partial charge in [0.2, 0.25) is 0 Å². The van der Waals surface area contributed by atoms with Gasteiger partial charge in [0.15, 0.2) is 0 Å². The summed E-state index contributed by atoms with van der Waals surface area (Å²) in [7, 11) is 4.05. The number of aromatic nitrogens is 1. The van der Waals surface area contributed by atoms with Crippen molar-refractivity contribution in [1.82, 2.24) is 9.88 Å². The Morgan fingerprint density at radius 2 is 2.22 bits per heavy atom. The van der Waals surface area contributed by atoms with Crippen molar-refractivity contribution < 1.29 is 9.53 Å². The summed E-state index contributed by atoms with van der Waals surface area (Å²) in [6.45, 7) is 0.928. The van der Waals surface area contributed by atoms with Crippen molar-refractivity contribution in [2.24, 2.45) is 5.73 Å². The minimum atomic E-state index is -0.790. The first-order chi connectivity index (χ1) is 8.58. The highest BCUT2D eigenvalue weighted by atomic mass is 16.5. The topological polar surface area (TPSA) is 71.3 Å². The van der Waals surface area contributed by atoms with Crippen molar-refractivity contribution in [2.75, 3.05) is 20.6 Å². The quantitative estimate of drug-likeness (QED) is 0.864. The number of nitrogens with one attached hydrogen (secondary N) is 1. The molecule has 0 atom stereocenters. The van der Waals surface area contributed by atoms with Gasteiger partial charge in [-0.25, -0.2) is 4.79 Å². The molecule has 5 nitrogen and oxygen atoms in total. The van der Waals surface area contributed by atoms with Crippen LogP contribution in [0, 0.1) is 0 Å². The molecule has 1 heterocycles. The lowest BCUT2D eigenvalue weighted by atomic mass is 10.1. The summed E-state index contributed by atoms with van der Waals surface area (Å²) in [6, 6.07) is 5.52. The average Bonchev–Trinajstić information content (AvgIpc) is 2.70. The minimum absolute atomic E-state index is 0.509. The second kappa shape index (κ2) is 5.10. The number of primary amides is 1. The predicted octanol–water partition coefficient (Wildman–Crippen LogP) is 1.73. The Balaban J connectivity index is 2.38. The van der Waals surface area contributed by atoms with Gasteiger partial charge in [-0.15, -0.1) is 0 Å². The second-order valence-corrected chi connectivity index (χ2v) is 4.47. The highest BCUT2D eigenvalue weighted by molar-refractivity contribution is 5.91. The Labute approximate surface area is 106 Å². The summed E-state index contributed by atoms with van der Waals surface area (Å²) < 4.78 is 5.04. The Bertz CT molecular complexity index is 560. The second-order valence-electron chi connectivity index (χ2n) is 4.47. The summed E-state index contributed by atoms with van der Waals surface area (Å²) in [6.07, 6.45) is 2.04.